The lowest BCUT2D eigenvalue weighted by Gasteiger charge is -2.15. The average Bonchev–Trinajstić information content (AvgIpc) is 2.67. The molecule has 1 heterocycles. The first-order valence-electron chi connectivity index (χ1n) is 8.37. The molecule has 0 aliphatic carbocycles. The average molecular weight is 408 g/mol. The SMILES string of the molecule is Cc1cnc(Nc2ccccc2OC(F)F)nc1Nc1ccccc1OC(F)F. The number of halogens is 4. The number of aryl methyl sites for hydroxylation is 1. The Labute approximate surface area is 163 Å². The van der Waals surface area contributed by atoms with Gasteiger partial charge in [-0.3, -0.25) is 0 Å². The van der Waals surface area contributed by atoms with Crippen molar-refractivity contribution in [1.29, 1.82) is 0 Å². The third-order valence-electron chi connectivity index (χ3n) is 3.68. The van der Waals surface area contributed by atoms with Crippen LogP contribution in [0.5, 0.6) is 11.5 Å². The van der Waals surface area contributed by atoms with Crippen molar-refractivity contribution in [3.63, 3.8) is 0 Å². The first-order valence-corrected chi connectivity index (χ1v) is 8.37. The summed E-state index contributed by atoms with van der Waals surface area (Å²) in [6.45, 7) is -4.25. The Bertz CT molecular complexity index is 972. The zero-order valence-electron chi connectivity index (χ0n) is 15.1. The van der Waals surface area contributed by atoms with Gasteiger partial charge in [0, 0.05) is 11.8 Å². The minimum absolute atomic E-state index is 0.0503. The second-order valence-corrected chi connectivity index (χ2v) is 5.72. The number of para-hydroxylation sites is 4. The van der Waals surface area contributed by atoms with E-state index in [9.17, 15) is 17.6 Å². The molecule has 0 aliphatic heterocycles. The smallest absolute Gasteiger partial charge is 0.387 e. The number of nitrogens with one attached hydrogen (secondary N) is 2. The molecule has 10 heteroatoms. The topological polar surface area (TPSA) is 68.3 Å². The van der Waals surface area contributed by atoms with E-state index in [1.165, 1.54) is 24.4 Å². The zero-order chi connectivity index (χ0) is 20.8. The van der Waals surface area contributed by atoms with Gasteiger partial charge >= 0.3 is 13.2 Å². The van der Waals surface area contributed by atoms with Gasteiger partial charge < -0.3 is 20.1 Å². The highest BCUT2D eigenvalue weighted by atomic mass is 19.3. The van der Waals surface area contributed by atoms with Crippen LogP contribution in [-0.2, 0) is 0 Å². The fourth-order valence-electron chi connectivity index (χ4n) is 2.41. The van der Waals surface area contributed by atoms with Crippen LogP contribution in [-0.4, -0.2) is 23.2 Å². The van der Waals surface area contributed by atoms with Crippen molar-refractivity contribution in [2.75, 3.05) is 10.6 Å². The maximum Gasteiger partial charge on any atom is 0.387 e. The summed E-state index contributed by atoms with van der Waals surface area (Å²) in [5.41, 5.74) is 1.14. The summed E-state index contributed by atoms with van der Waals surface area (Å²) in [4.78, 5) is 8.39. The van der Waals surface area contributed by atoms with Crippen LogP contribution in [0, 0.1) is 6.92 Å². The molecule has 0 fully saturated rings. The Morgan fingerprint density at radius 2 is 1.31 bits per heavy atom. The van der Waals surface area contributed by atoms with Gasteiger partial charge in [-0.2, -0.15) is 22.5 Å². The molecule has 0 amide bonds. The minimum Gasteiger partial charge on any atom is -0.433 e. The molecule has 0 aliphatic rings. The second-order valence-electron chi connectivity index (χ2n) is 5.72. The number of hydrogen-bond donors (Lipinski definition) is 2. The largest absolute Gasteiger partial charge is 0.433 e. The highest BCUT2D eigenvalue weighted by molar-refractivity contribution is 5.68. The van der Waals surface area contributed by atoms with E-state index in [1.54, 1.807) is 37.3 Å². The van der Waals surface area contributed by atoms with Gasteiger partial charge in [0.05, 0.1) is 11.4 Å². The van der Waals surface area contributed by atoms with Gasteiger partial charge in [0.1, 0.15) is 17.3 Å². The molecule has 1 aromatic heterocycles. The van der Waals surface area contributed by atoms with Crippen LogP contribution >= 0.6 is 0 Å². The van der Waals surface area contributed by atoms with Crippen LogP contribution in [0.3, 0.4) is 0 Å². The van der Waals surface area contributed by atoms with Crippen molar-refractivity contribution < 1.29 is 27.0 Å². The summed E-state index contributed by atoms with van der Waals surface area (Å²) in [5.74, 6) is 0.290. The minimum atomic E-state index is -2.99. The molecule has 6 nitrogen and oxygen atoms in total. The monoisotopic (exact) mass is 408 g/mol. The van der Waals surface area contributed by atoms with Gasteiger partial charge in [0.25, 0.3) is 0 Å². The third kappa shape index (κ3) is 5.47. The van der Waals surface area contributed by atoms with E-state index in [1.807, 2.05) is 0 Å². The number of anilines is 4. The Morgan fingerprint density at radius 1 is 0.793 bits per heavy atom. The van der Waals surface area contributed by atoms with Crippen LogP contribution in [0.1, 0.15) is 5.56 Å². The summed E-state index contributed by atoms with van der Waals surface area (Å²) in [6.07, 6.45) is 1.49. The number of hydrogen-bond acceptors (Lipinski definition) is 6. The number of alkyl halides is 4. The third-order valence-corrected chi connectivity index (χ3v) is 3.68. The highest BCUT2D eigenvalue weighted by Gasteiger charge is 2.13. The lowest BCUT2D eigenvalue weighted by Crippen LogP contribution is -2.07. The molecule has 3 aromatic rings. The van der Waals surface area contributed by atoms with E-state index in [0.717, 1.165) is 0 Å². The van der Waals surface area contributed by atoms with Crippen molar-refractivity contribution in [3.05, 3.63) is 60.3 Å². The molecule has 3 rings (SSSR count). The molecule has 0 radical (unpaired) electrons. The van der Waals surface area contributed by atoms with E-state index >= 15 is 0 Å². The van der Waals surface area contributed by atoms with E-state index in [4.69, 9.17) is 0 Å². The maximum absolute atomic E-state index is 12.6. The molecular weight excluding hydrogens is 392 g/mol. The zero-order valence-corrected chi connectivity index (χ0v) is 15.1. The van der Waals surface area contributed by atoms with E-state index in [0.29, 0.717) is 11.4 Å². The second kappa shape index (κ2) is 9.09. The van der Waals surface area contributed by atoms with Crippen molar-refractivity contribution in [1.82, 2.24) is 9.97 Å². The van der Waals surface area contributed by atoms with Gasteiger partial charge in [-0.15, -0.1) is 0 Å². The van der Waals surface area contributed by atoms with Crippen LogP contribution in [0.2, 0.25) is 0 Å². The molecule has 152 valence electrons. The quantitative estimate of drug-likeness (QED) is 0.482. The lowest BCUT2D eigenvalue weighted by atomic mass is 10.2. The van der Waals surface area contributed by atoms with E-state index in [-0.39, 0.29) is 28.8 Å². The molecule has 2 aromatic carbocycles. The normalized spacial score (nSPS) is 10.9. The van der Waals surface area contributed by atoms with Gasteiger partial charge in [0.15, 0.2) is 0 Å². The summed E-state index contributed by atoms with van der Waals surface area (Å²) in [6, 6.07) is 12.2. The maximum atomic E-state index is 12.6. The van der Waals surface area contributed by atoms with Crippen molar-refractivity contribution in [3.8, 4) is 11.5 Å². The van der Waals surface area contributed by atoms with Gasteiger partial charge in [0.2, 0.25) is 5.95 Å². The van der Waals surface area contributed by atoms with Crippen molar-refractivity contribution >= 4 is 23.1 Å². The van der Waals surface area contributed by atoms with Gasteiger partial charge in [-0.25, -0.2) is 4.98 Å². The molecule has 0 saturated heterocycles. The molecule has 2 N–H and O–H groups in total. The van der Waals surface area contributed by atoms with Crippen molar-refractivity contribution in [2.24, 2.45) is 0 Å². The van der Waals surface area contributed by atoms with Crippen molar-refractivity contribution in [2.45, 2.75) is 20.1 Å². The highest BCUT2D eigenvalue weighted by Crippen LogP contribution is 2.31. The predicted octanol–water partition coefficient (Wildman–Crippen LogP) is 5.48. The fourth-order valence-corrected chi connectivity index (χ4v) is 2.41. The Balaban J connectivity index is 1.85. The summed E-state index contributed by atoms with van der Waals surface area (Å²) < 4.78 is 59.3. The van der Waals surface area contributed by atoms with Crippen LogP contribution in [0.4, 0.5) is 40.7 Å². The first-order chi connectivity index (χ1) is 13.9. The number of ether oxygens (including phenoxy) is 2. The summed E-state index contributed by atoms with van der Waals surface area (Å²) >= 11 is 0. The molecule has 0 spiro atoms. The Hall–Kier alpha value is -3.56. The van der Waals surface area contributed by atoms with Gasteiger partial charge in [-0.1, -0.05) is 24.3 Å². The standard InChI is InChI=1S/C19H16F4N4O2/c1-11-10-24-19(26-13-7-3-5-9-15(13)29-18(22)23)27-16(11)25-12-6-2-4-8-14(12)28-17(20)21/h2-10,17-18H,1H3,(H2,24,25,26,27). The van der Waals surface area contributed by atoms with E-state index in [2.05, 4.69) is 30.1 Å². The Kier molecular flexibility index (Phi) is 6.32. The summed E-state index contributed by atoms with van der Waals surface area (Å²) in [5, 5.41) is 5.72. The van der Waals surface area contributed by atoms with Crippen LogP contribution < -0.4 is 20.1 Å². The molecule has 0 unspecified atom stereocenters. The summed E-state index contributed by atoms with van der Waals surface area (Å²) in [7, 11) is 0. The molecule has 0 bridgehead atoms. The fraction of sp³-hybridized carbons (Fsp3) is 0.158. The Morgan fingerprint density at radius 3 is 1.86 bits per heavy atom. The molecular formula is C19H16F4N4O2. The lowest BCUT2D eigenvalue weighted by molar-refractivity contribution is -0.0500. The van der Waals surface area contributed by atoms with E-state index < -0.39 is 13.2 Å². The van der Waals surface area contributed by atoms with Crippen LogP contribution in [0.15, 0.2) is 54.7 Å². The number of benzene rings is 2. The number of aromatic nitrogens is 2. The molecule has 0 saturated carbocycles. The number of rotatable bonds is 8. The molecule has 0 atom stereocenters. The number of nitrogens with zero attached hydrogens (tertiary/aromatic N) is 2. The van der Waals surface area contributed by atoms with Gasteiger partial charge in [-0.05, 0) is 31.2 Å². The first kappa shape index (κ1) is 20.2. The molecule has 29 heavy (non-hydrogen) atoms. The van der Waals surface area contributed by atoms with Crippen LogP contribution in [0.25, 0.3) is 0 Å². The predicted molar refractivity (Wildman–Crippen MR) is 99.5 cm³/mol.